The van der Waals surface area contributed by atoms with Crippen LogP contribution >= 0.6 is 11.8 Å². The van der Waals surface area contributed by atoms with Gasteiger partial charge in [0.25, 0.3) is 0 Å². The van der Waals surface area contributed by atoms with Gasteiger partial charge in [-0.2, -0.15) is 0 Å². The van der Waals surface area contributed by atoms with E-state index < -0.39 is 5.97 Å². The summed E-state index contributed by atoms with van der Waals surface area (Å²) in [6, 6.07) is 4.83. The molecular formula is C9H11NO2S. The first kappa shape index (κ1) is 9.92. The molecule has 13 heavy (non-hydrogen) atoms. The molecule has 1 aromatic rings. The molecule has 0 saturated carbocycles. The first-order valence-electron chi connectivity index (χ1n) is 3.90. The average Bonchev–Trinajstić information content (AvgIpc) is 2.04. The topological polar surface area (TPSA) is 63.3 Å². The summed E-state index contributed by atoms with van der Waals surface area (Å²) in [5.74, 6) is -0.0695. The zero-order chi connectivity index (χ0) is 9.84. The summed E-state index contributed by atoms with van der Waals surface area (Å²) in [6.07, 6.45) is 0. The van der Waals surface area contributed by atoms with Crippen LogP contribution in [-0.2, 0) is 0 Å². The highest BCUT2D eigenvalue weighted by Gasteiger charge is 2.09. The van der Waals surface area contributed by atoms with Gasteiger partial charge in [-0.3, -0.25) is 0 Å². The Hall–Kier alpha value is -1.16. The second kappa shape index (κ2) is 4.18. The minimum atomic E-state index is -0.907. The molecule has 0 spiro atoms. The Kier molecular flexibility index (Phi) is 3.19. The zero-order valence-electron chi connectivity index (χ0n) is 7.28. The summed E-state index contributed by atoms with van der Waals surface area (Å²) in [6.45, 7) is 1.97. The van der Waals surface area contributed by atoms with Crippen LogP contribution in [0, 0.1) is 0 Å². The largest absolute Gasteiger partial charge is 0.478 e. The fourth-order valence-electron chi connectivity index (χ4n) is 0.991. The third kappa shape index (κ3) is 2.39. The van der Waals surface area contributed by atoms with Crippen LogP contribution < -0.4 is 5.73 Å². The van der Waals surface area contributed by atoms with Crippen molar-refractivity contribution in [2.24, 2.45) is 0 Å². The maximum atomic E-state index is 10.8. The molecular weight excluding hydrogens is 186 g/mol. The molecule has 3 N–H and O–H groups in total. The van der Waals surface area contributed by atoms with Crippen LogP contribution in [0.3, 0.4) is 0 Å². The highest BCUT2D eigenvalue weighted by atomic mass is 32.2. The van der Waals surface area contributed by atoms with Gasteiger partial charge < -0.3 is 10.8 Å². The van der Waals surface area contributed by atoms with E-state index in [1.54, 1.807) is 12.1 Å². The van der Waals surface area contributed by atoms with Gasteiger partial charge in [0.1, 0.15) is 0 Å². The summed E-state index contributed by atoms with van der Waals surface area (Å²) >= 11 is 1.48. The molecule has 0 atom stereocenters. The summed E-state index contributed by atoms with van der Waals surface area (Å²) in [5, 5.41) is 8.83. The fraction of sp³-hybridized carbons (Fsp3) is 0.222. The Labute approximate surface area is 80.9 Å². The maximum absolute atomic E-state index is 10.8. The predicted molar refractivity (Wildman–Crippen MR) is 54.2 cm³/mol. The Bertz CT molecular complexity index is 325. The van der Waals surface area contributed by atoms with Gasteiger partial charge in [-0.05, 0) is 24.0 Å². The molecule has 1 rings (SSSR count). The third-order valence-corrected chi connectivity index (χ3v) is 2.47. The van der Waals surface area contributed by atoms with E-state index in [0.29, 0.717) is 11.3 Å². The molecule has 3 nitrogen and oxygen atoms in total. The molecule has 4 heteroatoms. The lowest BCUT2D eigenvalue weighted by Crippen LogP contribution is -1.99. The second-order valence-corrected chi connectivity index (χ2v) is 3.80. The number of rotatable bonds is 3. The van der Waals surface area contributed by atoms with E-state index in [1.807, 2.05) is 6.92 Å². The molecule has 1 aromatic carbocycles. The average molecular weight is 197 g/mol. The van der Waals surface area contributed by atoms with Gasteiger partial charge in [0.15, 0.2) is 0 Å². The van der Waals surface area contributed by atoms with Gasteiger partial charge in [-0.25, -0.2) is 4.79 Å². The van der Waals surface area contributed by atoms with Crippen molar-refractivity contribution in [1.29, 1.82) is 0 Å². The van der Waals surface area contributed by atoms with E-state index in [9.17, 15) is 4.79 Å². The van der Waals surface area contributed by atoms with Gasteiger partial charge in [0, 0.05) is 10.6 Å². The van der Waals surface area contributed by atoms with E-state index in [4.69, 9.17) is 10.8 Å². The van der Waals surface area contributed by atoms with Crippen molar-refractivity contribution in [1.82, 2.24) is 0 Å². The Morgan fingerprint density at radius 3 is 2.85 bits per heavy atom. The Morgan fingerprint density at radius 1 is 1.62 bits per heavy atom. The van der Waals surface area contributed by atoms with E-state index in [-0.39, 0.29) is 0 Å². The highest BCUT2D eigenvalue weighted by molar-refractivity contribution is 7.99. The quantitative estimate of drug-likeness (QED) is 0.575. The van der Waals surface area contributed by atoms with Crippen LogP contribution in [0.5, 0.6) is 0 Å². The number of hydrogen-bond acceptors (Lipinski definition) is 3. The van der Waals surface area contributed by atoms with Crippen molar-refractivity contribution >= 4 is 23.4 Å². The van der Waals surface area contributed by atoms with E-state index >= 15 is 0 Å². The fourth-order valence-corrected chi connectivity index (χ4v) is 1.83. The molecule has 0 saturated heterocycles. The van der Waals surface area contributed by atoms with Crippen molar-refractivity contribution in [2.75, 3.05) is 11.5 Å². The Morgan fingerprint density at radius 2 is 2.31 bits per heavy atom. The molecule has 0 aromatic heterocycles. The van der Waals surface area contributed by atoms with Crippen LogP contribution in [0.25, 0.3) is 0 Å². The number of aromatic carboxylic acids is 1. The van der Waals surface area contributed by atoms with Crippen LogP contribution in [0.2, 0.25) is 0 Å². The Balaban J connectivity index is 3.10. The zero-order valence-corrected chi connectivity index (χ0v) is 8.10. The lowest BCUT2D eigenvalue weighted by atomic mass is 10.2. The van der Waals surface area contributed by atoms with Crippen LogP contribution in [-0.4, -0.2) is 16.8 Å². The molecule has 0 unspecified atom stereocenters. The number of benzene rings is 1. The first-order chi connectivity index (χ1) is 6.15. The van der Waals surface area contributed by atoms with E-state index in [0.717, 1.165) is 10.6 Å². The van der Waals surface area contributed by atoms with Gasteiger partial charge in [0.05, 0.1) is 5.56 Å². The van der Waals surface area contributed by atoms with Crippen molar-refractivity contribution in [3.8, 4) is 0 Å². The molecule has 0 aliphatic rings. The number of carboxylic acid groups (broad SMARTS) is 1. The molecule has 0 heterocycles. The number of hydrogen-bond donors (Lipinski definition) is 2. The van der Waals surface area contributed by atoms with Crippen LogP contribution in [0.1, 0.15) is 17.3 Å². The first-order valence-corrected chi connectivity index (χ1v) is 4.89. The van der Waals surface area contributed by atoms with Gasteiger partial charge >= 0.3 is 5.97 Å². The molecule has 0 bridgehead atoms. The van der Waals surface area contributed by atoms with E-state index in [1.165, 1.54) is 17.8 Å². The third-order valence-electron chi connectivity index (χ3n) is 1.54. The number of carboxylic acids is 1. The summed E-state index contributed by atoms with van der Waals surface area (Å²) in [4.78, 5) is 11.5. The van der Waals surface area contributed by atoms with Gasteiger partial charge in [-0.1, -0.05) is 6.92 Å². The minimum Gasteiger partial charge on any atom is -0.478 e. The number of anilines is 1. The molecule has 0 radical (unpaired) electrons. The lowest BCUT2D eigenvalue weighted by molar-refractivity contribution is 0.0693. The molecule has 0 aliphatic carbocycles. The number of thioether (sulfide) groups is 1. The molecule has 0 fully saturated rings. The molecule has 70 valence electrons. The lowest BCUT2D eigenvalue weighted by Gasteiger charge is -2.04. The van der Waals surface area contributed by atoms with Crippen molar-refractivity contribution in [2.45, 2.75) is 11.8 Å². The standard InChI is InChI=1S/C9H11NO2S/c1-2-13-8-5-6(10)3-4-7(8)9(11)12/h3-5H,2,10H2,1H3,(H,11,12). The predicted octanol–water partition coefficient (Wildman–Crippen LogP) is 2.08. The summed E-state index contributed by atoms with van der Waals surface area (Å²) in [7, 11) is 0. The van der Waals surface area contributed by atoms with Crippen molar-refractivity contribution in [3.05, 3.63) is 23.8 Å². The van der Waals surface area contributed by atoms with Crippen molar-refractivity contribution < 1.29 is 9.90 Å². The number of nitrogen functional groups attached to an aromatic ring is 1. The van der Waals surface area contributed by atoms with Crippen molar-refractivity contribution in [3.63, 3.8) is 0 Å². The molecule has 0 amide bonds. The smallest absolute Gasteiger partial charge is 0.336 e. The van der Waals surface area contributed by atoms with Gasteiger partial charge in [0.2, 0.25) is 0 Å². The second-order valence-electron chi connectivity index (χ2n) is 2.49. The number of nitrogens with two attached hydrogens (primary N) is 1. The maximum Gasteiger partial charge on any atom is 0.336 e. The highest BCUT2D eigenvalue weighted by Crippen LogP contribution is 2.24. The molecule has 0 aliphatic heterocycles. The van der Waals surface area contributed by atoms with E-state index in [2.05, 4.69) is 0 Å². The normalized spacial score (nSPS) is 9.92. The van der Waals surface area contributed by atoms with Gasteiger partial charge in [-0.15, -0.1) is 11.8 Å². The summed E-state index contributed by atoms with van der Waals surface area (Å²) in [5.41, 5.74) is 6.47. The number of carbonyl (C=O) groups is 1. The SMILES string of the molecule is CCSc1cc(N)ccc1C(=O)O. The monoisotopic (exact) mass is 197 g/mol. The summed E-state index contributed by atoms with van der Waals surface area (Å²) < 4.78 is 0. The van der Waals surface area contributed by atoms with Crippen LogP contribution in [0.4, 0.5) is 5.69 Å². The van der Waals surface area contributed by atoms with Crippen LogP contribution in [0.15, 0.2) is 23.1 Å². The minimum absolute atomic E-state index is 0.320.